The molecule has 0 radical (unpaired) electrons. The Labute approximate surface area is 144 Å². The summed E-state index contributed by atoms with van der Waals surface area (Å²) in [6.45, 7) is 2.10. The van der Waals surface area contributed by atoms with Crippen molar-refractivity contribution in [3.8, 4) is 11.8 Å². The van der Waals surface area contributed by atoms with Crippen LogP contribution in [0.25, 0.3) is 0 Å². The maximum atomic E-state index is 3.35. The first-order chi connectivity index (χ1) is 11.3. The van der Waals surface area contributed by atoms with E-state index in [-0.39, 0.29) is 0 Å². The molecule has 0 spiro atoms. The van der Waals surface area contributed by atoms with Crippen LogP contribution >= 0.6 is 0 Å². The molecule has 0 heterocycles. The average molecular weight is 361 g/mol. The van der Waals surface area contributed by atoms with E-state index >= 15 is 0 Å². The van der Waals surface area contributed by atoms with Crippen molar-refractivity contribution in [2.24, 2.45) is 0 Å². The molecule has 0 unspecified atom stereocenters. The van der Waals surface area contributed by atoms with E-state index in [0.717, 1.165) is 16.4 Å². The Bertz CT molecular complexity index is 821. The van der Waals surface area contributed by atoms with Crippen molar-refractivity contribution in [3.63, 3.8) is 0 Å². The summed E-state index contributed by atoms with van der Waals surface area (Å²) < 4.78 is 1.43. The van der Waals surface area contributed by atoms with Crippen LogP contribution in [0.15, 0.2) is 78.9 Å². The van der Waals surface area contributed by atoms with Crippen molar-refractivity contribution < 1.29 is 0 Å². The zero-order valence-electron chi connectivity index (χ0n) is 13.1. The minimum absolute atomic E-state index is 0.447. The Kier molecular flexibility index (Phi) is 5.33. The SMILES string of the molecule is Cc1ccc(C#Cc2ccccc2C[Se]c2ccccc2)cc1. The quantitative estimate of drug-likeness (QED) is 0.490. The van der Waals surface area contributed by atoms with E-state index in [2.05, 4.69) is 97.6 Å². The predicted octanol–water partition coefficient (Wildman–Crippen LogP) is 3.92. The third-order valence-corrected chi connectivity index (χ3v) is 5.77. The van der Waals surface area contributed by atoms with E-state index in [1.165, 1.54) is 15.6 Å². The topological polar surface area (TPSA) is 0 Å². The Morgan fingerprint density at radius 3 is 2.22 bits per heavy atom. The molecule has 0 saturated carbocycles. The molecule has 0 fully saturated rings. The minimum atomic E-state index is 0.447. The van der Waals surface area contributed by atoms with Crippen LogP contribution in [-0.4, -0.2) is 15.0 Å². The molecule has 0 aromatic heterocycles. The van der Waals surface area contributed by atoms with Crippen molar-refractivity contribution in [1.82, 2.24) is 0 Å². The van der Waals surface area contributed by atoms with Crippen molar-refractivity contribution >= 4 is 19.4 Å². The molecule has 0 aliphatic rings. The molecule has 0 aliphatic heterocycles. The van der Waals surface area contributed by atoms with Crippen LogP contribution in [-0.2, 0) is 5.32 Å². The summed E-state index contributed by atoms with van der Waals surface area (Å²) in [6, 6.07) is 27.6. The summed E-state index contributed by atoms with van der Waals surface area (Å²) in [4.78, 5) is 0. The van der Waals surface area contributed by atoms with Gasteiger partial charge in [0.2, 0.25) is 0 Å². The van der Waals surface area contributed by atoms with Crippen molar-refractivity contribution in [3.05, 3.63) is 101 Å². The van der Waals surface area contributed by atoms with Gasteiger partial charge in [-0.25, -0.2) is 0 Å². The number of aryl methyl sites for hydroxylation is 1. The third-order valence-electron chi connectivity index (χ3n) is 3.55. The van der Waals surface area contributed by atoms with E-state index < -0.39 is 0 Å². The summed E-state index contributed by atoms with van der Waals surface area (Å²) in [5.41, 5.74) is 4.82. The molecule has 1 heteroatoms. The monoisotopic (exact) mass is 362 g/mol. The van der Waals surface area contributed by atoms with E-state index in [9.17, 15) is 0 Å². The fourth-order valence-electron chi connectivity index (χ4n) is 2.22. The van der Waals surface area contributed by atoms with Gasteiger partial charge in [0.15, 0.2) is 0 Å². The summed E-state index contributed by atoms with van der Waals surface area (Å²) in [7, 11) is 0. The van der Waals surface area contributed by atoms with Gasteiger partial charge in [0.25, 0.3) is 0 Å². The molecular weight excluding hydrogens is 343 g/mol. The third kappa shape index (κ3) is 4.60. The van der Waals surface area contributed by atoms with Crippen molar-refractivity contribution in [2.45, 2.75) is 12.2 Å². The molecule has 3 aromatic rings. The molecule has 3 rings (SSSR count). The molecule has 3 aromatic carbocycles. The molecule has 0 atom stereocenters. The van der Waals surface area contributed by atoms with E-state index in [4.69, 9.17) is 0 Å². The molecule has 0 amide bonds. The van der Waals surface area contributed by atoms with E-state index in [0.29, 0.717) is 15.0 Å². The second-order valence-electron chi connectivity index (χ2n) is 5.37. The van der Waals surface area contributed by atoms with Gasteiger partial charge in [-0.05, 0) is 0 Å². The van der Waals surface area contributed by atoms with Gasteiger partial charge < -0.3 is 0 Å². The standard InChI is InChI=1S/C22H18Se/c1-18-11-13-19(14-12-18)15-16-20-7-5-6-8-21(20)17-23-22-9-3-2-4-10-22/h2-14H,17H2,1H3. The van der Waals surface area contributed by atoms with Gasteiger partial charge in [-0.15, -0.1) is 0 Å². The second kappa shape index (κ2) is 7.84. The zero-order valence-corrected chi connectivity index (χ0v) is 14.8. The van der Waals surface area contributed by atoms with Crippen molar-refractivity contribution in [1.29, 1.82) is 0 Å². The molecule has 0 saturated heterocycles. The van der Waals surface area contributed by atoms with Gasteiger partial charge >= 0.3 is 145 Å². The molecule has 23 heavy (non-hydrogen) atoms. The van der Waals surface area contributed by atoms with Gasteiger partial charge in [0.1, 0.15) is 0 Å². The molecule has 0 N–H and O–H groups in total. The first kappa shape index (κ1) is 15.6. The van der Waals surface area contributed by atoms with Gasteiger partial charge in [-0.1, -0.05) is 0 Å². The molecule has 0 bridgehead atoms. The van der Waals surface area contributed by atoms with Crippen LogP contribution in [0.2, 0.25) is 0 Å². The summed E-state index contributed by atoms with van der Waals surface area (Å²) in [5, 5.41) is 1.08. The number of hydrogen-bond acceptors (Lipinski definition) is 0. The zero-order chi connectivity index (χ0) is 15.9. The fourth-order valence-corrected chi connectivity index (χ4v) is 4.16. The second-order valence-corrected chi connectivity index (χ2v) is 7.58. The normalized spacial score (nSPS) is 9.96. The van der Waals surface area contributed by atoms with Gasteiger partial charge in [-0.2, -0.15) is 0 Å². The number of rotatable bonds is 3. The summed E-state index contributed by atoms with van der Waals surface area (Å²) in [6.07, 6.45) is 0. The van der Waals surface area contributed by atoms with Gasteiger partial charge in [0, 0.05) is 0 Å². The molecular formula is C22H18Se. The van der Waals surface area contributed by atoms with Gasteiger partial charge in [-0.3, -0.25) is 0 Å². The van der Waals surface area contributed by atoms with Gasteiger partial charge in [0.05, 0.1) is 0 Å². The van der Waals surface area contributed by atoms with Crippen LogP contribution in [0.5, 0.6) is 0 Å². The Morgan fingerprint density at radius 1 is 0.739 bits per heavy atom. The van der Waals surface area contributed by atoms with Crippen LogP contribution in [0, 0.1) is 18.8 Å². The Hall–Kier alpha value is -2.26. The maximum absolute atomic E-state index is 3.35. The van der Waals surface area contributed by atoms with Crippen molar-refractivity contribution in [2.75, 3.05) is 0 Å². The van der Waals surface area contributed by atoms with Crippen LogP contribution in [0.4, 0.5) is 0 Å². The van der Waals surface area contributed by atoms with Crippen LogP contribution < -0.4 is 4.46 Å². The number of benzene rings is 3. The molecule has 0 aliphatic carbocycles. The first-order valence-corrected chi connectivity index (χ1v) is 9.72. The van der Waals surface area contributed by atoms with E-state index in [1.54, 1.807) is 0 Å². The summed E-state index contributed by atoms with van der Waals surface area (Å²) in [5.74, 6) is 6.63. The Balaban J connectivity index is 1.77. The van der Waals surface area contributed by atoms with Crippen LogP contribution in [0.1, 0.15) is 22.3 Å². The number of hydrogen-bond donors (Lipinski definition) is 0. The Morgan fingerprint density at radius 2 is 1.43 bits per heavy atom. The van der Waals surface area contributed by atoms with E-state index in [1.807, 2.05) is 0 Å². The first-order valence-electron chi connectivity index (χ1n) is 7.66. The average Bonchev–Trinajstić information content (AvgIpc) is 2.61. The predicted molar refractivity (Wildman–Crippen MR) is 99.1 cm³/mol. The summed E-state index contributed by atoms with van der Waals surface area (Å²) >= 11 is 0.447. The molecule has 112 valence electrons. The fraction of sp³-hybridized carbons (Fsp3) is 0.0909. The van der Waals surface area contributed by atoms with Crippen LogP contribution in [0.3, 0.4) is 0 Å². The molecule has 0 nitrogen and oxygen atoms in total.